The van der Waals surface area contributed by atoms with Crippen molar-refractivity contribution in [1.82, 2.24) is 0 Å². The van der Waals surface area contributed by atoms with Crippen LogP contribution in [0.3, 0.4) is 0 Å². The predicted octanol–water partition coefficient (Wildman–Crippen LogP) is 1.46. The summed E-state index contributed by atoms with van der Waals surface area (Å²) in [4.78, 5) is 0. The van der Waals surface area contributed by atoms with E-state index in [-0.39, 0.29) is 6.10 Å². The molecule has 10 heavy (non-hydrogen) atoms. The molecule has 1 fully saturated rings. The van der Waals surface area contributed by atoms with E-state index in [1.54, 1.807) is 12.1 Å². The summed E-state index contributed by atoms with van der Waals surface area (Å²) in [6.45, 7) is 0.795. The van der Waals surface area contributed by atoms with Gasteiger partial charge in [0, 0.05) is 0 Å². The van der Waals surface area contributed by atoms with E-state index >= 15 is 0 Å². The van der Waals surface area contributed by atoms with E-state index in [2.05, 4.69) is 0 Å². The lowest BCUT2D eigenvalue weighted by molar-refractivity contribution is 0.413. The van der Waals surface area contributed by atoms with Crippen molar-refractivity contribution in [3.8, 4) is 5.75 Å². The van der Waals surface area contributed by atoms with E-state index < -0.39 is 0 Å². The summed E-state index contributed by atoms with van der Waals surface area (Å²) >= 11 is 0. The van der Waals surface area contributed by atoms with Crippen LogP contribution >= 0.6 is 0 Å². The first kappa shape index (κ1) is 5.74. The van der Waals surface area contributed by atoms with Crippen molar-refractivity contribution in [3.05, 3.63) is 29.8 Å². The van der Waals surface area contributed by atoms with Gasteiger partial charge in [0.15, 0.2) is 0 Å². The lowest BCUT2D eigenvalue weighted by Crippen LogP contribution is -1.77. The van der Waals surface area contributed by atoms with Crippen LogP contribution in [-0.4, -0.2) is 11.7 Å². The van der Waals surface area contributed by atoms with Gasteiger partial charge in [0.25, 0.3) is 0 Å². The highest BCUT2D eigenvalue weighted by Crippen LogP contribution is 2.30. The predicted molar refractivity (Wildman–Crippen MR) is 36.8 cm³/mol. The maximum Gasteiger partial charge on any atom is 0.115 e. The average Bonchev–Trinajstić information content (AvgIpc) is 2.68. The van der Waals surface area contributed by atoms with Gasteiger partial charge in [-0.05, 0) is 17.7 Å². The first-order valence-electron chi connectivity index (χ1n) is 3.27. The molecule has 1 atom stereocenters. The van der Waals surface area contributed by atoms with Gasteiger partial charge in [-0.3, -0.25) is 0 Å². The molecule has 2 nitrogen and oxygen atoms in total. The Morgan fingerprint density at radius 1 is 1.50 bits per heavy atom. The van der Waals surface area contributed by atoms with Crippen LogP contribution in [0.2, 0.25) is 0 Å². The van der Waals surface area contributed by atoms with Crippen molar-refractivity contribution < 1.29 is 9.84 Å². The Labute approximate surface area is 59.1 Å². The molecule has 1 unspecified atom stereocenters. The number of rotatable bonds is 1. The zero-order chi connectivity index (χ0) is 6.97. The molecular weight excluding hydrogens is 128 g/mol. The fraction of sp³-hybridized carbons (Fsp3) is 0.250. The number of epoxide rings is 1. The molecule has 2 rings (SSSR count). The van der Waals surface area contributed by atoms with Crippen LogP contribution < -0.4 is 0 Å². The summed E-state index contributed by atoms with van der Waals surface area (Å²) in [6, 6.07) is 7.17. The molecule has 1 aromatic rings. The normalized spacial score (nSPS) is 22.6. The van der Waals surface area contributed by atoms with E-state index in [0.717, 1.165) is 12.2 Å². The average molecular weight is 136 g/mol. The van der Waals surface area contributed by atoms with E-state index in [1.807, 2.05) is 12.1 Å². The van der Waals surface area contributed by atoms with E-state index in [1.165, 1.54) is 0 Å². The van der Waals surface area contributed by atoms with Crippen molar-refractivity contribution in [2.24, 2.45) is 0 Å². The molecule has 1 aliphatic heterocycles. The van der Waals surface area contributed by atoms with Crippen molar-refractivity contribution in [2.75, 3.05) is 6.61 Å². The van der Waals surface area contributed by atoms with Crippen LogP contribution in [-0.2, 0) is 4.74 Å². The highest BCUT2D eigenvalue weighted by molar-refractivity contribution is 5.29. The number of hydrogen-bond donors (Lipinski definition) is 1. The molecule has 0 spiro atoms. The largest absolute Gasteiger partial charge is 0.508 e. The van der Waals surface area contributed by atoms with Crippen LogP contribution in [0.15, 0.2) is 24.3 Å². The third-order valence-corrected chi connectivity index (χ3v) is 1.58. The molecule has 0 radical (unpaired) electrons. The number of ether oxygens (including phenoxy) is 1. The van der Waals surface area contributed by atoms with Gasteiger partial charge in [-0.25, -0.2) is 0 Å². The summed E-state index contributed by atoms with van der Waals surface area (Å²) < 4.78 is 5.04. The molecule has 1 aliphatic rings. The molecule has 1 aromatic carbocycles. The Morgan fingerprint density at radius 3 is 2.90 bits per heavy atom. The topological polar surface area (TPSA) is 32.8 Å². The van der Waals surface area contributed by atoms with Gasteiger partial charge in [0.05, 0.1) is 6.61 Å². The molecule has 2 heteroatoms. The zero-order valence-electron chi connectivity index (χ0n) is 5.45. The minimum absolute atomic E-state index is 0.243. The summed E-state index contributed by atoms with van der Waals surface area (Å²) in [6.07, 6.45) is 0.243. The first-order chi connectivity index (χ1) is 4.86. The van der Waals surface area contributed by atoms with E-state index in [9.17, 15) is 0 Å². The van der Waals surface area contributed by atoms with Gasteiger partial charge >= 0.3 is 0 Å². The molecule has 0 aromatic heterocycles. The molecule has 1 N–H and O–H groups in total. The number of hydrogen-bond acceptors (Lipinski definition) is 2. The number of phenols is 1. The van der Waals surface area contributed by atoms with Crippen LogP contribution in [0.5, 0.6) is 5.75 Å². The highest BCUT2D eigenvalue weighted by Gasteiger charge is 2.24. The van der Waals surface area contributed by atoms with Crippen molar-refractivity contribution in [1.29, 1.82) is 0 Å². The second-order valence-electron chi connectivity index (χ2n) is 2.42. The van der Waals surface area contributed by atoms with Crippen molar-refractivity contribution in [3.63, 3.8) is 0 Å². The minimum atomic E-state index is 0.243. The van der Waals surface area contributed by atoms with Crippen molar-refractivity contribution >= 4 is 0 Å². The van der Waals surface area contributed by atoms with Crippen LogP contribution in [0.25, 0.3) is 0 Å². The summed E-state index contributed by atoms with van der Waals surface area (Å²) in [5.41, 5.74) is 1.07. The molecule has 0 aliphatic carbocycles. The maximum absolute atomic E-state index is 9.03. The van der Waals surface area contributed by atoms with Crippen LogP contribution in [0.4, 0.5) is 0 Å². The van der Waals surface area contributed by atoms with Crippen LogP contribution in [0.1, 0.15) is 11.7 Å². The molecule has 1 saturated heterocycles. The second-order valence-corrected chi connectivity index (χ2v) is 2.42. The van der Waals surface area contributed by atoms with E-state index in [4.69, 9.17) is 9.84 Å². The quantitative estimate of drug-likeness (QED) is 0.593. The molecular formula is C8H8O2. The summed E-state index contributed by atoms with van der Waals surface area (Å²) in [7, 11) is 0. The molecule has 0 amide bonds. The smallest absolute Gasteiger partial charge is 0.115 e. The number of aromatic hydroxyl groups is 1. The Balaban J connectivity index is 2.32. The Morgan fingerprint density at radius 2 is 2.30 bits per heavy atom. The third kappa shape index (κ3) is 0.977. The first-order valence-corrected chi connectivity index (χ1v) is 3.27. The molecule has 1 heterocycles. The Bertz CT molecular complexity index is 241. The van der Waals surface area contributed by atoms with Gasteiger partial charge in [-0.1, -0.05) is 12.1 Å². The van der Waals surface area contributed by atoms with Gasteiger partial charge in [0.1, 0.15) is 11.9 Å². The fourth-order valence-corrected chi connectivity index (χ4v) is 0.966. The minimum Gasteiger partial charge on any atom is -0.508 e. The molecule has 0 bridgehead atoms. The monoisotopic (exact) mass is 136 g/mol. The lowest BCUT2D eigenvalue weighted by Gasteiger charge is -1.94. The number of benzene rings is 1. The lowest BCUT2D eigenvalue weighted by atomic mass is 10.2. The molecule has 52 valence electrons. The fourth-order valence-electron chi connectivity index (χ4n) is 0.966. The number of phenolic OH excluding ortho intramolecular Hbond substituents is 1. The second kappa shape index (κ2) is 1.99. The van der Waals surface area contributed by atoms with Gasteiger partial charge < -0.3 is 9.84 Å². The Kier molecular flexibility index (Phi) is 1.14. The van der Waals surface area contributed by atoms with Crippen LogP contribution in [0, 0.1) is 0 Å². The Hall–Kier alpha value is -1.02. The van der Waals surface area contributed by atoms with Gasteiger partial charge in [-0.2, -0.15) is 0 Å². The molecule has 0 saturated carbocycles. The standard InChI is InChI=1S/C8H8O2/c9-7-3-1-2-6(4-7)8-5-10-8/h1-4,8-9H,5H2. The van der Waals surface area contributed by atoms with E-state index in [0.29, 0.717) is 5.75 Å². The van der Waals surface area contributed by atoms with Gasteiger partial charge in [0.2, 0.25) is 0 Å². The summed E-state index contributed by atoms with van der Waals surface area (Å²) in [5, 5.41) is 9.03. The SMILES string of the molecule is Oc1cccc(C2CO2)c1. The maximum atomic E-state index is 9.03. The highest BCUT2D eigenvalue weighted by atomic mass is 16.6. The summed E-state index contributed by atoms with van der Waals surface area (Å²) in [5.74, 6) is 0.313. The third-order valence-electron chi connectivity index (χ3n) is 1.58. The zero-order valence-corrected chi connectivity index (χ0v) is 5.45. The van der Waals surface area contributed by atoms with Gasteiger partial charge in [-0.15, -0.1) is 0 Å². The van der Waals surface area contributed by atoms with Crippen molar-refractivity contribution in [2.45, 2.75) is 6.10 Å².